The van der Waals surface area contributed by atoms with Crippen LogP contribution in [0.3, 0.4) is 0 Å². The number of methoxy groups -OCH3 is 1. The Kier molecular flexibility index (Phi) is 4.77. The van der Waals surface area contributed by atoms with Crippen molar-refractivity contribution in [3.05, 3.63) is 23.8 Å². The minimum Gasteiger partial charge on any atom is -0.504 e. The van der Waals surface area contributed by atoms with Gasteiger partial charge in [0.25, 0.3) is 5.91 Å². The van der Waals surface area contributed by atoms with E-state index in [1.54, 1.807) is 0 Å². The number of carboxylic acids is 1. The molecule has 1 amide bonds. The number of rotatable bonds is 5. The van der Waals surface area contributed by atoms with Gasteiger partial charge in [-0.3, -0.25) is 9.59 Å². The number of carbonyl (C=O) groups excluding carboxylic acids is 1. The summed E-state index contributed by atoms with van der Waals surface area (Å²) in [6, 6.07) is 4.04. The van der Waals surface area contributed by atoms with E-state index in [2.05, 4.69) is 5.92 Å². The van der Waals surface area contributed by atoms with Crippen LogP contribution in [0.2, 0.25) is 0 Å². The molecule has 0 aliphatic carbocycles. The van der Waals surface area contributed by atoms with Crippen molar-refractivity contribution in [2.24, 2.45) is 0 Å². The van der Waals surface area contributed by atoms with Crippen LogP contribution >= 0.6 is 0 Å². The highest BCUT2D eigenvalue weighted by molar-refractivity contribution is 5.96. The molecule has 0 radical (unpaired) electrons. The molecule has 1 aromatic carbocycles. The number of ether oxygens (including phenoxy) is 1. The number of amides is 1. The smallest absolute Gasteiger partial charge is 0.323 e. The quantitative estimate of drug-likeness (QED) is 0.758. The first kappa shape index (κ1) is 14.4. The Hall–Kier alpha value is -2.68. The average molecular weight is 263 g/mol. The van der Waals surface area contributed by atoms with Gasteiger partial charge in [-0.25, -0.2) is 0 Å². The Labute approximate surface area is 110 Å². The second-order valence-electron chi connectivity index (χ2n) is 3.65. The number of hydrogen-bond donors (Lipinski definition) is 2. The van der Waals surface area contributed by atoms with Crippen LogP contribution in [0.15, 0.2) is 18.2 Å². The number of hydrogen-bond acceptors (Lipinski definition) is 4. The van der Waals surface area contributed by atoms with E-state index < -0.39 is 18.4 Å². The van der Waals surface area contributed by atoms with Gasteiger partial charge in [0, 0.05) is 5.56 Å². The van der Waals surface area contributed by atoms with Gasteiger partial charge in [0.05, 0.1) is 13.7 Å². The second kappa shape index (κ2) is 6.31. The molecule has 0 unspecified atom stereocenters. The number of phenolic OH excluding ortho intramolecular Hbond substituents is 1. The third kappa shape index (κ3) is 3.64. The van der Waals surface area contributed by atoms with Crippen LogP contribution in [-0.2, 0) is 4.79 Å². The normalized spacial score (nSPS) is 9.47. The number of carbonyl (C=O) groups is 2. The maximum Gasteiger partial charge on any atom is 0.323 e. The zero-order chi connectivity index (χ0) is 14.4. The maximum atomic E-state index is 12.0. The van der Waals surface area contributed by atoms with Crippen molar-refractivity contribution in [3.63, 3.8) is 0 Å². The van der Waals surface area contributed by atoms with Gasteiger partial charge >= 0.3 is 5.97 Å². The summed E-state index contributed by atoms with van der Waals surface area (Å²) >= 11 is 0. The minimum atomic E-state index is -1.17. The summed E-state index contributed by atoms with van der Waals surface area (Å²) in [7, 11) is 1.38. The maximum absolute atomic E-state index is 12.0. The van der Waals surface area contributed by atoms with Crippen molar-refractivity contribution in [2.75, 3.05) is 20.2 Å². The van der Waals surface area contributed by atoms with Crippen LogP contribution in [0.25, 0.3) is 0 Å². The van der Waals surface area contributed by atoms with Gasteiger partial charge < -0.3 is 19.8 Å². The lowest BCUT2D eigenvalue weighted by Gasteiger charge is -2.18. The fourth-order valence-electron chi connectivity index (χ4n) is 1.48. The molecule has 2 N–H and O–H groups in total. The molecule has 0 fully saturated rings. The van der Waals surface area contributed by atoms with Crippen LogP contribution in [-0.4, -0.2) is 47.2 Å². The molecule has 0 bridgehead atoms. The van der Waals surface area contributed by atoms with Gasteiger partial charge in [-0.2, -0.15) is 0 Å². The van der Waals surface area contributed by atoms with Crippen molar-refractivity contribution in [1.82, 2.24) is 4.90 Å². The third-order valence-electron chi connectivity index (χ3n) is 2.32. The molecule has 100 valence electrons. The Balaban J connectivity index is 2.99. The summed E-state index contributed by atoms with van der Waals surface area (Å²) in [5.41, 5.74) is 0.134. The Bertz CT molecular complexity index is 532. The van der Waals surface area contributed by atoms with E-state index in [0.717, 1.165) is 4.90 Å². The fraction of sp³-hybridized carbons (Fsp3) is 0.231. The monoisotopic (exact) mass is 263 g/mol. The number of aromatic hydroxyl groups is 1. The molecule has 0 aliphatic heterocycles. The Morgan fingerprint density at radius 1 is 1.47 bits per heavy atom. The molecule has 0 heterocycles. The van der Waals surface area contributed by atoms with Crippen molar-refractivity contribution in [1.29, 1.82) is 0 Å². The highest BCUT2D eigenvalue weighted by Gasteiger charge is 2.18. The molecule has 0 atom stereocenters. The van der Waals surface area contributed by atoms with Gasteiger partial charge in [-0.1, -0.05) is 5.92 Å². The van der Waals surface area contributed by atoms with E-state index >= 15 is 0 Å². The van der Waals surface area contributed by atoms with Crippen LogP contribution in [0.1, 0.15) is 10.4 Å². The SMILES string of the molecule is C#CCN(CC(=O)O)C(=O)c1ccc(OC)c(O)c1. The van der Waals surface area contributed by atoms with Crippen molar-refractivity contribution < 1.29 is 24.5 Å². The van der Waals surface area contributed by atoms with Crippen LogP contribution in [0.5, 0.6) is 11.5 Å². The van der Waals surface area contributed by atoms with Gasteiger partial charge in [0.2, 0.25) is 0 Å². The highest BCUT2D eigenvalue weighted by atomic mass is 16.5. The van der Waals surface area contributed by atoms with Crippen molar-refractivity contribution in [3.8, 4) is 23.8 Å². The van der Waals surface area contributed by atoms with Crippen LogP contribution in [0.4, 0.5) is 0 Å². The molecular formula is C13H13NO5. The molecule has 0 aliphatic rings. The molecule has 1 aromatic rings. The molecule has 1 rings (SSSR count). The molecule has 0 spiro atoms. The van der Waals surface area contributed by atoms with E-state index in [-0.39, 0.29) is 23.6 Å². The van der Waals surface area contributed by atoms with E-state index in [0.29, 0.717) is 0 Å². The lowest BCUT2D eigenvalue weighted by molar-refractivity contribution is -0.137. The first-order valence-corrected chi connectivity index (χ1v) is 5.31. The highest BCUT2D eigenvalue weighted by Crippen LogP contribution is 2.26. The lowest BCUT2D eigenvalue weighted by Crippen LogP contribution is -2.35. The number of nitrogens with zero attached hydrogens (tertiary/aromatic N) is 1. The molecule has 6 nitrogen and oxygen atoms in total. The molecule has 0 aromatic heterocycles. The second-order valence-corrected chi connectivity index (χ2v) is 3.65. The van der Waals surface area contributed by atoms with E-state index in [1.807, 2.05) is 0 Å². The predicted octanol–water partition coefficient (Wildman–Crippen LogP) is 0.561. The van der Waals surface area contributed by atoms with Gasteiger partial charge in [0.1, 0.15) is 6.54 Å². The van der Waals surface area contributed by atoms with E-state index in [1.165, 1.54) is 25.3 Å². The first-order chi connectivity index (χ1) is 8.99. The summed E-state index contributed by atoms with van der Waals surface area (Å²) in [4.78, 5) is 23.7. The Morgan fingerprint density at radius 3 is 2.63 bits per heavy atom. The first-order valence-electron chi connectivity index (χ1n) is 5.31. The molecule has 0 saturated heterocycles. The zero-order valence-electron chi connectivity index (χ0n) is 10.3. The summed E-state index contributed by atoms with van der Waals surface area (Å²) in [5, 5.41) is 18.3. The van der Waals surface area contributed by atoms with Gasteiger partial charge in [-0.05, 0) is 18.2 Å². The molecule has 0 saturated carbocycles. The van der Waals surface area contributed by atoms with Crippen molar-refractivity contribution in [2.45, 2.75) is 0 Å². The largest absolute Gasteiger partial charge is 0.504 e. The third-order valence-corrected chi connectivity index (χ3v) is 2.32. The zero-order valence-corrected chi connectivity index (χ0v) is 10.3. The summed E-state index contributed by atoms with van der Waals surface area (Å²) in [6.07, 6.45) is 5.09. The van der Waals surface area contributed by atoms with Gasteiger partial charge in [-0.15, -0.1) is 6.42 Å². The summed E-state index contributed by atoms with van der Waals surface area (Å²) in [5.74, 6) is 0.495. The molecular weight excluding hydrogens is 250 g/mol. The van der Waals surface area contributed by atoms with E-state index in [9.17, 15) is 14.7 Å². The van der Waals surface area contributed by atoms with Gasteiger partial charge in [0.15, 0.2) is 11.5 Å². The number of phenols is 1. The molecule has 19 heavy (non-hydrogen) atoms. The number of benzene rings is 1. The minimum absolute atomic E-state index is 0.127. The summed E-state index contributed by atoms with van der Waals surface area (Å²) < 4.78 is 4.85. The number of aliphatic carboxylic acids is 1. The number of carboxylic acid groups (broad SMARTS) is 1. The standard InChI is InChI=1S/C13H13NO5/c1-3-6-14(8-12(16)17)13(18)9-4-5-11(19-2)10(15)7-9/h1,4-5,7,15H,6,8H2,2H3,(H,16,17). The molecule has 6 heteroatoms. The van der Waals surface area contributed by atoms with Crippen LogP contribution < -0.4 is 4.74 Å². The number of terminal acetylenes is 1. The van der Waals surface area contributed by atoms with Crippen LogP contribution in [0, 0.1) is 12.3 Å². The average Bonchev–Trinajstić information content (AvgIpc) is 2.36. The Morgan fingerprint density at radius 2 is 2.16 bits per heavy atom. The van der Waals surface area contributed by atoms with E-state index in [4.69, 9.17) is 16.3 Å². The predicted molar refractivity (Wildman–Crippen MR) is 67.0 cm³/mol. The fourth-order valence-corrected chi connectivity index (χ4v) is 1.48. The lowest BCUT2D eigenvalue weighted by atomic mass is 10.1. The van der Waals surface area contributed by atoms with Crippen molar-refractivity contribution >= 4 is 11.9 Å². The summed E-state index contributed by atoms with van der Waals surface area (Å²) in [6.45, 7) is -0.631. The topological polar surface area (TPSA) is 87.1 Å².